The number of phenolic OH excluding ortho intramolecular Hbond substituents is 1. The number of aromatic amines is 1. The van der Waals surface area contributed by atoms with E-state index in [1.165, 1.54) is 45.3 Å². The van der Waals surface area contributed by atoms with Gasteiger partial charge in [-0.1, -0.05) is 12.1 Å². The maximum atomic E-state index is 14.4. The fourth-order valence-electron chi connectivity index (χ4n) is 6.24. The number of ether oxygens (including phenoxy) is 1. The highest BCUT2D eigenvalue weighted by Gasteiger charge is 2.28. The summed E-state index contributed by atoms with van der Waals surface area (Å²) >= 11 is 0. The summed E-state index contributed by atoms with van der Waals surface area (Å²) < 4.78 is 63.3. The Labute approximate surface area is 284 Å². The number of carbonyl (C=O) groups excluding carboxylic acids is 1. The maximum Gasteiger partial charge on any atom is 0.266 e. The van der Waals surface area contributed by atoms with E-state index in [4.69, 9.17) is 9.72 Å². The van der Waals surface area contributed by atoms with Gasteiger partial charge < -0.3 is 20.1 Å². The monoisotopic (exact) mass is 699 g/mol. The molecule has 11 nitrogen and oxygen atoms in total. The summed E-state index contributed by atoms with van der Waals surface area (Å²) in [5.74, 6) is -2.03. The molecule has 6 aromatic rings. The van der Waals surface area contributed by atoms with E-state index < -0.39 is 39.2 Å². The molecule has 1 saturated heterocycles. The van der Waals surface area contributed by atoms with E-state index in [2.05, 4.69) is 10.3 Å². The van der Waals surface area contributed by atoms with Crippen molar-refractivity contribution in [3.63, 3.8) is 0 Å². The Morgan fingerprint density at radius 3 is 2.42 bits per heavy atom. The number of phenols is 1. The van der Waals surface area contributed by atoms with E-state index in [1.807, 2.05) is 0 Å². The molecular formula is C36H31F2N5O6S. The molecule has 3 N–H and O–H groups in total. The number of para-hydroxylation sites is 1. The van der Waals surface area contributed by atoms with Crippen LogP contribution in [0.5, 0.6) is 5.75 Å². The minimum atomic E-state index is -3.84. The van der Waals surface area contributed by atoms with Crippen LogP contribution in [0.15, 0.2) is 101 Å². The molecule has 1 aliphatic rings. The number of rotatable bonds is 9. The molecule has 0 saturated carbocycles. The normalized spacial score (nSPS) is 14.6. The van der Waals surface area contributed by atoms with Crippen LogP contribution in [-0.4, -0.2) is 64.6 Å². The summed E-state index contributed by atoms with van der Waals surface area (Å²) in [4.78, 5) is 35.8. The Balaban J connectivity index is 1.32. The number of sulfonamides is 1. The van der Waals surface area contributed by atoms with Gasteiger partial charge in [-0.3, -0.25) is 14.2 Å². The minimum absolute atomic E-state index is 0.0244. The molecule has 2 aromatic heterocycles. The number of morpholine rings is 1. The largest absolute Gasteiger partial charge is 0.508 e. The third kappa shape index (κ3) is 6.60. The topological polar surface area (TPSA) is 147 Å². The van der Waals surface area contributed by atoms with E-state index in [9.17, 15) is 31.9 Å². The van der Waals surface area contributed by atoms with Gasteiger partial charge in [-0.2, -0.15) is 4.31 Å². The van der Waals surface area contributed by atoms with Crippen LogP contribution in [0.2, 0.25) is 0 Å². The predicted octanol–water partition coefficient (Wildman–Crippen LogP) is 4.51. The molecule has 4 aromatic carbocycles. The molecule has 256 valence electrons. The summed E-state index contributed by atoms with van der Waals surface area (Å²) in [6.45, 7) is 0.988. The van der Waals surface area contributed by atoms with Crippen LogP contribution in [0.25, 0.3) is 27.5 Å². The van der Waals surface area contributed by atoms with Crippen LogP contribution in [0, 0.1) is 11.6 Å². The third-order valence-electron chi connectivity index (χ3n) is 8.62. The van der Waals surface area contributed by atoms with Gasteiger partial charge in [0.2, 0.25) is 15.9 Å². The molecular weight excluding hydrogens is 668 g/mol. The lowest BCUT2D eigenvalue weighted by Gasteiger charge is -2.26. The van der Waals surface area contributed by atoms with Crippen molar-refractivity contribution in [2.75, 3.05) is 26.3 Å². The van der Waals surface area contributed by atoms with Gasteiger partial charge in [0.1, 0.15) is 23.2 Å². The first-order chi connectivity index (χ1) is 24.1. The molecule has 0 bridgehead atoms. The van der Waals surface area contributed by atoms with Gasteiger partial charge in [0, 0.05) is 42.7 Å². The van der Waals surface area contributed by atoms with Crippen molar-refractivity contribution in [3.8, 4) is 11.4 Å². The molecule has 1 amide bonds. The second kappa shape index (κ2) is 13.5. The van der Waals surface area contributed by atoms with Crippen molar-refractivity contribution in [2.24, 2.45) is 0 Å². The average Bonchev–Trinajstić information content (AvgIpc) is 3.49. The Bertz CT molecular complexity index is 2390. The quantitative estimate of drug-likeness (QED) is 0.201. The standard InChI is InChI=1S/C36H31F2N5O6S/c37-24-15-22(16-25(38)19-24)17-33(40-34(45)18-23-21-39-31-10-7-27(44)20-30(23)31)35-41-32-4-2-1-3-29(32)36(46)43(35)26-5-8-28(9-6-26)50(47,48)42-11-13-49-14-12-42/h1-10,15-16,19-21,33,39,44H,11-14,17-18H2,(H,40,45). The maximum absolute atomic E-state index is 14.4. The molecule has 7 rings (SSSR count). The predicted molar refractivity (Wildman–Crippen MR) is 182 cm³/mol. The van der Waals surface area contributed by atoms with Crippen molar-refractivity contribution in [2.45, 2.75) is 23.8 Å². The van der Waals surface area contributed by atoms with Crippen LogP contribution in [0.1, 0.15) is 23.0 Å². The molecule has 3 heterocycles. The van der Waals surface area contributed by atoms with Crippen LogP contribution < -0.4 is 10.9 Å². The van der Waals surface area contributed by atoms with Gasteiger partial charge in [0.15, 0.2) is 0 Å². The summed E-state index contributed by atoms with van der Waals surface area (Å²) in [6, 6.07) is 19.0. The summed E-state index contributed by atoms with van der Waals surface area (Å²) in [7, 11) is -3.84. The molecule has 1 fully saturated rings. The zero-order valence-corrected chi connectivity index (χ0v) is 27.3. The molecule has 0 aliphatic carbocycles. The van der Waals surface area contributed by atoms with Crippen molar-refractivity contribution in [1.82, 2.24) is 24.2 Å². The number of fused-ring (bicyclic) bond motifs is 2. The van der Waals surface area contributed by atoms with E-state index in [0.717, 1.165) is 18.2 Å². The van der Waals surface area contributed by atoms with Gasteiger partial charge in [0.05, 0.1) is 47.2 Å². The number of aromatic hydroxyl groups is 1. The zero-order valence-electron chi connectivity index (χ0n) is 26.5. The molecule has 0 radical (unpaired) electrons. The molecule has 14 heteroatoms. The van der Waals surface area contributed by atoms with Gasteiger partial charge in [-0.15, -0.1) is 0 Å². The van der Waals surface area contributed by atoms with E-state index in [-0.39, 0.29) is 72.3 Å². The van der Waals surface area contributed by atoms with Crippen molar-refractivity contribution < 1.29 is 31.8 Å². The molecule has 1 atom stereocenters. The fourth-order valence-corrected chi connectivity index (χ4v) is 7.65. The van der Waals surface area contributed by atoms with Crippen molar-refractivity contribution in [1.29, 1.82) is 0 Å². The number of nitrogens with zero attached hydrogens (tertiary/aromatic N) is 3. The van der Waals surface area contributed by atoms with Gasteiger partial charge in [-0.05, 0) is 77.9 Å². The first-order valence-corrected chi connectivity index (χ1v) is 17.2. The fraction of sp³-hybridized carbons (Fsp3) is 0.194. The number of benzene rings is 4. The number of hydrogen-bond donors (Lipinski definition) is 3. The number of halogens is 2. The Kier molecular flexibility index (Phi) is 8.90. The zero-order chi connectivity index (χ0) is 35.0. The number of nitrogens with one attached hydrogen (secondary N) is 2. The number of H-pyrrole nitrogens is 1. The van der Waals surface area contributed by atoms with Crippen LogP contribution in [0.4, 0.5) is 8.78 Å². The highest BCUT2D eigenvalue weighted by molar-refractivity contribution is 7.89. The lowest BCUT2D eigenvalue weighted by Crippen LogP contribution is -2.40. The first-order valence-electron chi connectivity index (χ1n) is 15.8. The summed E-state index contributed by atoms with van der Waals surface area (Å²) in [5.41, 5.74) is 1.59. The summed E-state index contributed by atoms with van der Waals surface area (Å²) in [6.07, 6.45) is 1.37. The smallest absolute Gasteiger partial charge is 0.266 e. The first kappa shape index (κ1) is 33.1. The summed E-state index contributed by atoms with van der Waals surface area (Å²) in [5, 5.41) is 13.9. The third-order valence-corrected chi connectivity index (χ3v) is 10.5. The Morgan fingerprint density at radius 2 is 1.68 bits per heavy atom. The Morgan fingerprint density at radius 1 is 0.960 bits per heavy atom. The van der Waals surface area contributed by atoms with Gasteiger partial charge >= 0.3 is 0 Å². The van der Waals surface area contributed by atoms with Gasteiger partial charge in [0.25, 0.3) is 5.56 Å². The number of carbonyl (C=O) groups is 1. The van der Waals surface area contributed by atoms with Crippen LogP contribution in [0.3, 0.4) is 0 Å². The lowest BCUT2D eigenvalue weighted by molar-refractivity contribution is -0.121. The SMILES string of the molecule is O=C(Cc1c[nH]c2ccc(O)cc12)NC(Cc1cc(F)cc(F)c1)c1nc2ccccc2c(=O)n1-c1ccc(S(=O)(=O)N2CCOCC2)cc1. The minimum Gasteiger partial charge on any atom is -0.508 e. The molecule has 0 spiro atoms. The van der Waals surface area contributed by atoms with Crippen molar-refractivity contribution >= 4 is 37.7 Å². The number of aromatic nitrogens is 3. The average molecular weight is 700 g/mol. The second-order valence-electron chi connectivity index (χ2n) is 12.0. The van der Waals surface area contributed by atoms with E-state index in [1.54, 1.807) is 36.5 Å². The number of hydrogen-bond acceptors (Lipinski definition) is 7. The Hall–Kier alpha value is -5.44. The highest BCUT2D eigenvalue weighted by Crippen LogP contribution is 2.27. The number of amides is 1. The second-order valence-corrected chi connectivity index (χ2v) is 13.9. The molecule has 1 unspecified atom stereocenters. The lowest BCUT2D eigenvalue weighted by atomic mass is 10.0. The molecule has 50 heavy (non-hydrogen) atoms. The molecule has 1 aliphatic heterocycles. The highest BCUT2D eigenvalue weighted by atomic mass is 32.2. The van der Waals surface area contributed by atoms with Crippen molar-refractivity contribution in [3.05, 3.63) is 130 Å². The van der Waals surface area contributed by atoms with E-state index in [0.29, 0.717) is 22.0 Å². The van der Waals surface area contributed by atoms with Crippen LogP contribution in [-0.2, 0) is 32.4 Å². The van der Waals surface area contributed by atoms with E-state index >= 15 is 0 Å². The van der Waals surface area contributed by atoms with Gasteiger partial charge in [-0.25, -0.2) is 22.2 Å². The van der Waals surface area contributed by atoms with Crippen LogP contribution >= 0.6 is 0 Å².